The lowest BCUT2D eigenvalue weighted by atomic mass is 10.0. The Morgan fingerprint density at radius 1 is 1.07 bits per heavy atom. The first-order valence-electron chi connectivity index (χ1n) is 10.7. The van der Waals surface area contributed by atoms with E-state index in [2.05, 4.69) is 13.8 Å². The van der Waals surface area contributed by atoms with Crippen molar-refractivity contribution in [3.8, 4) is 0 Å². The lowest BCUT2D eigenvalue weighted by Gasteiger charge is -2.22. The highest BCUT2D eigenvalue weighted by Crippen LogP contribution is 2.16. The summed E-state index contributed by atoms with van der Waals surface area (Å²) in [5, 5.41) is 0. The molecule has 0 fully saturated rings. The summed E-state index contributed by atoms with van der Waals surface area (Å²) in [4.78, 5) is 22.2. The largest absolute Gasteiger partial charge is 0.469 e. The number of nitrogens with two attached hydrogens (primary N) is 1. The van der Waals surface area contributed by atoms with E-state index in [0.717, 1.165) is 25.7 Å². The molecule has 3 unspecified atom stereocenters. The van der Waals surface area contributed by atoms with Gasteiger partial charge in [0, 0.05) is 6.42 Å². The number of carbonyl (C=O) groups excluding carboxylic acids is 2. The maximum Gasteiger partial charge on any atom is 0.308 e. The highest BCUT2D eigenvalue weighted by atomic mass is 16.6. The number of esters is 2. The van der Waals surface area contributed by atoms with E-state index in [9.17, 15) is 9.59 Å². The minimum absolute atomic E-state index is 0. The van der Waals surface area contributed by atoms with E-state index in [-0.39, 0.29) is 37.0 Å². The second-order valence-corrected chi connectivity index (χ2v) is 8.25. The van der Waals surface area contributed by atoms with Gasteiger partial charge in [0.1, 0.15) is 5.60 Å². The molecule has 29 heavy (non-hydrogen) atoms. The summed E-state index contributed by atoms with van der Waals surface area (Å²) in [6.45, 7) is 15.1. The van der Waals surface area contributed by atoms with Crippen molar-refractivity contribution < 1.29 is 23.8 Å². The standard InChI is InChI=1S/C14H29NO3.C8H16O2.CH4/c1-5-7-12(9-15)10-18-13(6-2)8-11(3)14(16)17-4;1-5-6-7(9)10-8(2,3)4;/h11-13H,5-10,15H2,1-4H3;5-6H2,1-4H3;1H4. The molecular formula is C23H49NO5. The molecular weight excluding hydrogens is 370 g/mol. The second-order valence-electron chi connectivity index (χ2n) is 8.25. The molecule has 0 saturated heterocycles. The van der Waals surface area contributed by atoms with Crippen LogP contribution in [0.2, 0.25) is 0 Å². The van der Waals surface area contributed by atoms with Gasteiger partial charge in [0.05, 0.1) is 25.7 Å². The topological polar surface area (TPSA) is 87.9 Å². The summed E-state index contributed by atoms with van der Waals surface area (Å²) >= 11 is 0. The zero-order valence-electron chi connectivity index (χ0n) is 19.5. The molecule has 0 aliphatic rings. The van der Waals surface area contributed by atoms with E-state index < -0.39 is 0 Å². The molecule has 0 radical (unpaired) electrons. The molecule has 0 amide bonds. The molecule has 3 atom stereocenters. The molecule has 6 heteroatoms. The van der Waals surface area contributed by atoms with E-state index in [1.165, 1.54) is 7.11 Å². The Balaban J connectivity index is -0.000000525. The van der Waals surface area contributed by atoms with E-state index in [4.69, 9.17) is 19.9 Å². The predicted molar refractivity (Wildman–Crippen MR) is 121 cm³/mol. The molecule has 0 aliphatic heterocycles. The van der Waals surface area contributed by atoms with Crippen molar-refractivity contribution in [2.75, 3.05) is 20.3 Å². The van der Waals surface area contributed by atoms with Crippen molar-refractivity contribution in [2.24, 2.45) is 17.6 Å². The van der Waals surface area contributed by atoms with Gasteiger partial charge < -0.3 is 19.9 Å². The van der Waals surface area contributed by atoms with Crippen LogP contribution in [0.15, 0.2) is 0 Å². The number of hydrogen-bond donors (Lipinski definition) is 1. The normalized spacial score (nSPS) is 13.8. The van der Waals surface area contributed by atoms with Crippen molar-refractivity contribution >= 4 is 11.9 Å². The van der Waals surface area contributed by atoms with Crippen molar-refractivity contribution in [3.05, 3.63) is 0 Å². The number of ether oxygens (including phenoxy) is 3. The summed E-state index contributed by atoms with van der Waals surface area (Å²) in [5.74, 6) is 0.0518. The summed E-state index contributed by atoms with van der Waals surface area (Å²) < 4.78 is 15.6. The van der Waals surface area contributed by atoms with Crippen molar-refractivity contribution in [2.45, 2.75) is 106 Å². The SMILES string of the molecule is C.CCCC(=O)OC(C)(C)C.CCCC(CN)COC(CC)CC(C)C(=O)OC. The Kier molecular flexibility index (Phi) is 21.2. The van der Waals surface area contributed by atoms with E-state index in [1.807, 2.05) is 34.6 Å². The van der Waals surface area contributed by atoms with Gasteiger partial charge >= 0.3 is 11.9 Å². The van der Waals surface area contributed by atoms with E-state index >= 15 is 0 Å². The van der Waals surface area contributed by atoms with Gasteiger partial charge in [-0.1, -0.05) is 41.5 Å². The first kappa shape index (κ1) is 32.5. The third-order valence-electron chi connectivity index (χ3n) is 4.15. The quantitative estimate of drug-likeness (QED) is 0.442. The van der Waals surface area contributed by atoms with Crippen LogP contribution in [0.4, 0.5) is 0 Å². The van der Waals surface area contributed by atoms with Gasteiger partial charge in [-0.15, -0.1) is 0 Å². The molecule has 0 saturated carbocycles. The van der Waals surface area contributed by atoms with Crippen LogP contribution in [0, 0.1) is 11.8 Å². The number of rotatable bonds is 12. The average Bonchev–Trinajstić information content (AvgIpc) is 2.62. The molecule has 0 heterocycles. The molecule has 0 rings (SSSR count). The van der Waals surface area contributed by atoms with Crippen LogP contribution in [0.3, 0.4) is 0 Å². The van der Waals surface area contributed by atoms with Gasteiger partial charge in [-0.3, -0.25) is 9.59 Å². The molecule has 0 aliphatic carbocycles. The molecule has 176 valence electrons. The maximum atomic E-state index is 11.4. The van der Waals surface area contributed by atoms with Crippen molar-refractivity contribution in [1.29, 1.82) is 0 Å². The fourth-order valence-corrected chi connectivity index (χ4v) is 2.59. The molecule has 0 bridgehead atoms. The van der Waals surface area contributed by atoms with Gasteiger partial charge in [0.25, 0.3) is 0 Å². The molecule has 0 aromatic carbocycles. The van der Waals surface area contributed by atoms with Gasteiger partial charge in [-0.05, 0) is 58.9 Å². The Bertz CT molecular complexity index is 407. The highest BCUT2D eigenvalue weighted by molar-refractivity contribution is 5.71. The van der Waals surface area contributed by atoms with Gasteiger partial charge in [-0.2, -0.15) is 0 Å². The number of methoxy groups -OCH3 is 1. The Morgan fingerprint density at radius 3 is 2.03 bits per heavy atom. The maximum absolute atomic E-state index is 11.4. The van der Waals surface area contributed by atoms with Crippen LogP contribution < -0.4 is 5.73 Å². The monoisotopic (exact) mass is 419 g/mol. The Morgan fingerprint density at radius 2 is 1.66 bits per heavy atom. The predicted octanol–water partition coefficient (Wildman–Crippen LogP) is 5.12. The number of hydrogen-bond acceptors (Lipinski definition) is 6. The second kappa shape index (κ2) is 18.9. The molecule has 0 spiro atoms. The van der Waals surface area contributed by atoms with Crippen LogP contribution in [0.1, 0.15) is 94.4 Å². The van der Waals surface area contributed by atoms with Gasteiger partial charge in [-0.25, -0.2) is 0 Å². The van der Waals surface area contributed by atoms with Gasteiger partial charge in [0.15, 0.2) is 0 Å². The first-order chi connectivity index (χ1) is 13.0. The fourth-order valence-electron chi connectivity index (χ4n) is 2.59. The zero-order valence-corrected chi connectivity index (χ0v) is 19.5. The highest BCUT2D eigenvalue weighted by Gasteiger charge is 2.20. The Labute approximate surface area is 180 Å². The van der Waals surface area contributed by atoms with Gasteiger partial charge in [0.2, 0.25) is 0 Å². The summed E-state index contributed by atoms with van der Waals surface area (Å²) in [5.41, 5.74) is 5.38. The third kappa shape index (κ3) is 19.9. The third-order valence-corrected chi connectivity index (χ3v) is 4.15. The van der Waals surface area contributed by atoms with Crippen molar-refractivity contribution in [1.82, 2.24) is 0 Å². The minimum Gasteiger partial charge on any atom is -0.469 e. The molecule has 0 aromatic rings. The summed E-state index contributed by atoms with van der Waals surface area (Å²) in [6.07, 6.45) is 5.34. The minimum atomic E-state index is -0.327. The lowest BCUT2D eigenvalue weighted by Crippen LogP contribution is -2.26. The average molecular weight is 420 g/mol. The fraction of sp³-hybridized carbons (Fsp3) is 0.913. The van der Waals surface area contributed by atoms with E-state index in [0.29, 0.717) is 31.9 Å². The van der Waals surface area contributed by atoms with E-state index in [1.54, 1.807) is 0 Å². The van der Waals surface area contributed by atoms with Crippen molar-refractivity contribution in [3.63, 3.8) is 0 Å². The smallest absolute Gasteiger partial charge is 0.308 e. The summed E-state index contributed by atoms with van der Waals surface area (Å²) in [6, 6.07) is 0. The molecule has 0 aromatic heterocycles. The first-order valence-corrected chi connectivity index (χ1v) is 10.7. The van der Waals surface area contributed by atoms with Crippen LogP contribution in [-0.4, -0.2) is 43.9 Å². The lowest BCUT2D eigenvalue weighted by molar-refractivity contribution is -0.154. The zero-order chi connectivity index (χ0) is 22.2. The molecule has 6 nitrogen and oxygen atoms in total. The molecule has 2 N–H and O–H groups in total. The Hall–Kier alpha value is -1.14. The van der Waals surface area contributed by atoms with Crippen LogP contribution in [-0.2, 0) is 23.8 Å². The number of carbonyl (C=O) groups is 2. The van der Waals surface area contributed by atoms with Crippen LogP contribution >= 0.6 is 0 Å². The summed E-state index contributed by atoms with van der Waals surface area (Å²) in [7, 11) is 1.42. The van der Waals surface area contributed by atoms with Crippen LogP contribution in [0.5, 0.6) is 0 Å². The van der Waals surface area contributed by atoms with Crippen LogP contribution in [0.25, 0.3) is 0 Å².